The van der Waals surface area contributed by atoms with Crippen molar-refractivity contribution in [3.05, 3.63) is 11.6 Å². The average Bonchev–Trinajstić information content (AvgIpc) is 2.97. The Balaban J connectivity index is 2.41. The number of alkyl halides is 2. The molecule has 0 bridgehead atoms. The minimum atomic E-state index is -2.51. The van der Waals surface area contributed by atoms with Crippen molar-refractivity contribution in [2.24, 2.45) is 23.7 Å². The van der Waals surface area contributed by atoms with Crippen LogP contribution in [0.3, 0.4) is 0 Å². The fourth-order valence-electron chi connectivity index (χ4n) is 2.36. The second-order valence-electron chi connectivity index (χ2n) is 5.17. The quantitative estimate of drug-likeness (QED) is 0.662. The predicted molar refractivity (Wildman–Crippen MR) is 63.1 cm³/mol. The molecule has 92 valence electrons. The largest absolute Gasteiger partial charge is 0.308 e. The average molecular weight is 229 g/mol. The van der Waals surface area contributed by atoms with Gasteiger partial charge < -0.3 is 5.41 Å². The molecule has 1 unspecified atom stereocenters. The first-order valence-corrected chi connectivity index (χ1v) is 5.96. The van der Waals surface area contributed by atoms with Crippen molar-refractivity contribution < 1.29 is 8.78 Å². The molecule has 1 aliphatic rings. The molecule has 0 aromatic carbocycles. The third-order valence-electron chi connectivity index (χ3n) is 3.62. The van der Waals surface area contributed by atoms with Crippen molar-refractivity contribution in [3.63, 3.8) is 0 Å². The highest BCUT2D eigenvalue weighted by Gasteiger charge is 2.41. The maximum Gasteiger partial charge on any atom is 0.264 e. The minimum absolute atomic E-state index is 0.145. The van der Waals surface area contributed by atoms with Crippen LogP contribution in [0.4, 0.5) is 8.78 Å². The fraction of sp³-hybridized carbons (Fsp3) is 0.769. The molecule has 1 aliphatic carbocycles. The van der Waals surface area contributed by atoms with Crippen LogP contribution in [0, 0.1) is 29.1 Å². The van der Waals surface area contributed by atoms with Crippen molar-refractivity contribution in [2.45, 2.75) is 40.0 Å². The number of rotatable bonds is 6. The number of hydrogen-bond acceptors (Lipinski definition) is 1. The molecule has 1 saturated carbocycles. The first-order valence-electron chi connectivity index (χ1n) is 5.96. The summed E-state index contributed by atoms with van der Waals surface area (Å²) < 4.78 is 24.7. The molecule has 16 heavy (non-hydrogen) atoms. The maximum absolute atomic E-state index is 12.4. The highest BCUT2D eigenvalue weighted by molar-refractivity contribution is 5.76. The van der Waals surface area contributed by atoms with Crippen LogP contribution in [-0.2, 0) is 0 Å². The molecule has 1 nitrogen and oxygen atoms in total. The number of halogens is 2. The Morgan fingerprint density at radius 3 is 2.31 bits per heavy atom. The van der Waals surface area contributed by atoms with Crippen molar-refractivity contribution in [1.82, 2.24) is 0 Å². The minimum Gasteiger partial charge on any atom is -0.308 e. The van der Waals surface area contributed by atoms with Gasteiger partial charge in [0, 0.05) is 11.8 Å². The summed E-state index contributed by atoms with van der Waals surface area (Å²) in [6.45, 7) is 6.56. The van der Waals surface area contributed by atoms with Gasteiger partial charge in [0.25, 0.3) is 6.43 Å². The van der Waals surface area contributed by atoms with Crippen LogP contribution < -0.4 is 0 Å². The molecule has 1 fully saturated rings. The van der Waals surface area contributed by atoms with Crippen LogP contribution in [0.5, 0.6) is 0 Å². The van der Waals surface area contributed by atoms with E-state index in [-0.39, 0.29) is 5.57 Å². The van der Waals surface area contributed by atoms with E-state index in [1.54, 1.807) is 0 Å². The molecule has 0 spiro atoms. The molecule has 0 radical (unpaired) electrons. The predicted octanol–water partition coefficient (Wildman–Crippen LogP) is 4.15. The molecule has 0 aromatic rings. The zero-order valence-corrected chi connectivity index (χ0v) is 10.2. The Hall–Kier alpha value is -0.730. The zero-order valence-electron chi connectivity index (χ0n) is 10.2. The van der Waals surface area contributed by atoms with Gasteiger partial charge >= 0.3 is 0 Å². The van der Waals surface area contributed by atoms with E-state index in [1.807, 2.05) is 0 Å². The molecule has 1 rings (SSSR count). The second kappa shape index (κ2) is 5.55. The molecular formula is C13H21F2N. The van der Waals surface area contributed by atoms with E-state index >= 15 is 0 Å². The summed E-state index contributed by atoms with van der Waals surface area (Å²) >= 11 is 0. The molecule has 3 atom stereocenters. The molecule has 3 heteroatoms. The van der Waals surface area contributed by atoms with Gasteiger partial charge in [0.2, 0.25) is 0 Å². The van der Waals surface area contributed by atoms with Crippen molar-refractivity contribution >= 4 is 6.21 Å². The Bertz CT molecular complexity index is 271. The van der Waals surface area contributed by atoms with E-state index < -0.39 is 6.43 Å². The highest BCUT2D eigenvalue weighted by Crippen LogP contribution is 2.49. The van der Waals surface area contributed by atoms with Crippen LogP contribution in [0.2, 0.25) is 0 Å². The van der Waals surface area contributed by atoms with Gasteiger partial charge in [-0.1, -0.05) is 26.8 Å². The summed E-state index contributed by atoms with van der Waals surface area (Å²) in [5.41, 5.74) is -0.145. The number of nitrogens with one attached hydrogen (secondary N) is 1. The van der Waals surface area contributed by atoms with Gasteiger partial charge in [0.1, 0.15) is 0 Å². The van der Waals surface area contributed by atoms with Crippen LogP contribution >= 0.6 is 0 Å². The second-order valence-corrected chi connectivity index (χ2v) is 5.17. The Labute approximate surface area is 96.4 Å². The smallest absolute Gasteiger partial charge is 0.264 e. The van der Waals surface area contributed by atoms with E-state index in [0.717, 1.165) is 12.1 Å². The SMILES string of the molecule is CC(C)[C@H]1C[C@@H]1C(C)C/C=C(\C=N)C(F)F. The summed E-state index contributed by atoms with van der Waals surface area (Å²) in [4.78, 5) is 0. The van der Waals surface area contributed by atoms with Crippen molar-refractivity contribution in [3.8, 4) is 0 Å². The van der Waals surface area contributed by atoms with E-state index in [9.17, 15) is 8.78 Å². The van der Waals surface area contributed by atoms with Gasteiger partial charge in [0.15, 0.2) is 0 Å². The topological polar surface area (TPSA) is 23.9 Å². The molecule has 0 heterocycles. The van der Waals surface area contributed by atoms with Crippen LogP contribution in [0.15, 0.2) is 11.6 Å². The summed E-state index contributed by atoms with van der Waals surface area (Å²) in [6, 6.07) is 0. The van der Waals surface area contributed by atoms with E-state index in [1.165, 1.54) is 12.5 Å². The third-order valence-corrected chi connectivity index (χ3v) is 3.62. The van der Waals surface area contributed by atoms with Crippen molar-refractivity contribution in [2.75, 3.05) is 0 Å². The van der Waals surface area contributed by atoms with E-state index in [4.69, 9.17) is 5.41 Å². The third kappa shape index (κ3) is 3.39. The Morgan fingerprint density at radius 2 is 1.94 bits per heavy atom. The van der Waals surface area contributed by atoms with Crippen LogP contribution in [0.25, 0.3) is 0 Å². The van der Waals surface area contributed by atoms with Gasteiger partial charge in [-0.2, -0.15) is 0 Å². The fourth-order valence-corrected chi connectivity index (χ4v) is 2.36. The van der Waals surface area contributed by atoms with Gasteiger partial charge in [-0.15, -0.1) is 0 Å². The highest BCUT2D eigenvalue weighted by atomic mass is 19.3. The number of hydrogen-bond donors (Lipinski definition) is 1. The lowest BCUT2D eigenvalue weighted by atomic mass is 9.96. The maximum atomic E-state index is 12.4. The van der Waals surface area contributed by atoms with Crippen LogP contribution in [-0.4, -0.2) is 12.6 Å². The molecule has 0 saturated heterocycles. The summed E-state index contributed by atoms with van der Waals surface area (Å²) in [7, 11) is 0. The summed E-state index contributed by atoms with van der Waals surface area (Å²) in [5, 5.41) is 6.89. The summed E-state index contributed by atoms with van der Waals surface area (Å²) in [5.74, 6) is 2.63. The first kappa shape index (κ1) is 13.3. The van der Waals surface area contributed by atoms with Crippen molar-refractivity contribution in [1.29, 1.82) is 5.41 Å². The lowest BCUT2D eigenvalue weighted by Crippen LogP contribution is -2.04. The first-order chi connectivity index (χ1) is 7.47. The van der Waals surface area contributed by atoms with Gasteiger partial charge in [0.05, 0.1) is 0 Å². The lowest BCUT2D eigenvalue weighted by Gasteiger charge is -2.10. The molecule has 0 aliphatic heterocycles. The lowest BCUT2D eigenvalue weighted by molar-refractivity contribution is 0.196. The van der Waals surface area contributed by atoms with Gasteiger partial charge in [-0.25, -0.2) is 8.78 Å². The zero-order chi connectivity index (χ0) is 12.3. The van der Waals surface area contributed by atoms with E-state index in [0.29, 0.717) is 24.2 Å². The number of allylic oxidation sites excluding steroid dienone is 2. The summed E-state index contributed by atoms with van der Waals surface area (Å²) in [6.07, 6.45) is 1.69. The Kier molecular flexibility index (Phi) is 4.63. The Morgan fingerprint density at radius 1 is 1.31 bits per heavy atom. The molecular weight excluding hydrogens is 208 g/mol. The van der Waals surface area contributed by atoms with Crippen LogP contribution in [0.1, 0.15) is 33.6 Å². The standard InChI is InChI=1S/C13H21F2N/c1-8(2)11-6-12(11)9(3)4-5-10(7-16)13(14)15/h5,7-9,11-13,16H,4,6H2,1-3H3/b10-5+,16-7?/t9?,11-,12-/m1/s1. The normalized spacial score (nSPS) is 27.3. The molecule has 1 N–H and O–H groups in total. The van der Waals surface area contributed by atoms with E-state index in [2.05, 4.69) is 20.8 Å². The molecule has 0 amide bonds. The van der Waals surface area contributed by atoms with Gasteiger partial charge in [-0.3, -0.25) is 0 Å². The van der Waals surface area contributed by atoms with Gasteiger partial charge in [-0.05, 0) is 36.5 Å². The molecule has 0 aromatic heterocycles. The monoisotopic (exact) mass is 229 g/mol.